The van der Waals surface area contributed by atoms with Crippen LogP contribution >= 0.6 is 0 Å². The number of aromatic nitrogens is 5. The SMILES string of the molecule is CC(C)c1c(-c2cnn([C@H]3CC[C@@H](O)C3)c2)[nH]c2c(C#N)cnn2c1=O. The summed E-state index contributed by atoms with van der Waals surface area (Å²) in [6.07, 6.45) is 7.09. The summed E-state index contributed by atoms with van der Waals surface area (Å²) in [7, 11) is 0. The van der Waals surface area contributed by atoms with Crippen LogP contribution in [0.25, 0.3) is 16.9 Å². The lowest BCUT2D eigenvalue weighted by Gasteiger charge is -2.12. The van der Waals surface area contributed by atoms with Gasteiger partial charge in [0.1, 0.15) is 11.6 Å². The Morgan fingerprint density at radius 2 is 2.15 bits per heavy atom. The van der Waals surface area contributed by atoms with Crippen LogP contribution < -0.4 is 5.56 Å². The lowest BCUT2D eigenvalue weighted by molar-refractivity contribution is 0.177. The molecule has 2 atom stereocenters. The second-order valence-corrected chi connectivity index (χ2v) is 7.13. The van der Waals surface area contributed by atoms with Crippen molar-refractivity contribution in [1.82, 2.24) is 24.4 Å². The van der Waals surface area contributed by atoms with Gasteiger partial charge in [-0.1, -0.05) is 13.8 Å². The zero-order valence-electron chi connectivity index (χ0n) is 14.7. The van der Waals surface area contributed by atoms with Crippen LogP contribution in [0.5, 0.6) is 0 Å². The lowest BCUT2D eigenvalue weighted by atomic mass is 10.00. The monoisotopic (exact) mass is 352 g/mol. The van der Waals surface area contributed by atoms with E-state index in [0.717, 1.165) is 18.4 Å². The van der Waals surface area contributed by atoms with Gasteiger partial charge >= 0.3 is 0 Å². The van der Waals surface area contributed by atoms with E-state index in [2.05, 4.69) is 21.3 Å². The molecule has 134 valence electrons. The summed E-state index contributed by atoms with van der Waals surface area (Å²) >= 11 is 0. The first-order valence-electron chi connectivity index (χ1n) is 8.76. The quantitative estimate of drug-likeness (QED) is 0.748. The minimum atomic E-state index is -0.278. The first-order valence-corrected chi connectivity index (χ1v) is 8.76. The molecule has 2 N–H and O–H groups in total. The highest BCUT2D eigenvalue weighted by Crippen LogP contribution is 2.32. The Morgan fingerprint density at radius 3 is 2.81 bits per heavy atom. The highest BCUT2D eigenvalue weighted by Gasteiger charge is 2.26. The summed E-state index contributed by atoms with van der Waals surface area (Å²) in [6.45, 7) is 3.90. The van der Waals surface area contributed by atoms with Gasteiger partial charge in [0, 0.05) is 17.3 Å². The van der Waals surface area contributed by atoms with Crippen molar-refractivity contribution in [2.45, 2.75) is 51.2 Å². The van der Waals surface area contributed by atoms with Crippen molar-refractivity contribution in [3.63, 3.8) is 0 Å². The third-order valence-electron chi connectivity index (χ3n) is 5.04. The van der Waals surface area contributed by atoms with Crippen molar-refractivity contribution in [3.8, 4) is 17.3 Å². The van der Waals surface area contributed by atoms with E-state index in [1.807, 2.05) is 24.7 Å². The number of fused-ring (bicyclic) bond motifs is 1. The summed E-state index contributed by atoms with van der Waals surface area (Å²) in [6, 6.07) is 2.23. The Kier molecular flexibility index (Phi) is 3.89. The molecule has 0 amide bonds. The van der Waals surface area contributed by atoms with Crippen molar-refractivity contribution in [2.24, 2.45) is 0 Å². The third-order valence-corrected chi connectivity index (χ3v) is 5.04. The van der Waals surface area contributed by atoms with Crippen LogP contribution in [0.1, 0.15) is 56.2 Å². The largest absolute Gasteiger partial charge is 0.393 e. The highest BCUT2D eigenvalue weighted by atomic mass is 16.3. The van der Waals surface area contributed by atoms with E-state index in [1.165, 1.54) is 10.7 Å². The Labute approximate surface area is 149 Å². The van der Waals surface area contributed by atoms with Crippen LogP contribution in [0.2, 0.25) is 0 Å². The molecule has 0 unspecified atom stereocenters. The number of hydrogen-bond acceptors (Lipinski definition) is 5. The first-order chi connectivity index (χ1) is 12.5. The average molecular weight is 352 g/mol. The van der Waals surface area contributed by atoms with Gasteiger partial charge in [-0.25, -0.2) is 0 Å². The van der Waals surface area contributed by atoms with Crippen molar-refractivity contribution < 1.29 is 5.11 Å². The normalized spacial score (nSPS) is 20.1. The van der Waals surface area contributed by atoms with Gasteiger partial charge in [-0.15, -0.1) is 0 Å². The molecular weight excluding hydrogens is 332 g/mol. The van der Waals surface area contributed by atoms with Crippen LogP contribution in [0.15, 0.2) is 23.4 Å². The van der Waals surface area contributed by atoms with Crippen molar-refractivity contribution in [3.05, 3.63) is 40.1 Å². The second-order valence-electron chi connectivity index (χ2n) is 7.13. The van der Waals surface area contributed by atoms with E-state index in [1.54, 1.807) is 6.20 Å². The molecule has 0 aliphatic heterocycles. The van der Waals surface area contributed by atoms with Crippen LogP contribution in [-0.4, -0.2) is 35.6 Å². The number of aromatic amines is 1. The number of aliphatic hydroxyl groups is 1. The zero-order valence-corrected chi connectivity index (χ0v) is 14.7. The molecule has 0 saturated heterocycles. The molecule has 8 heteroatoms. The average Bonchev–Trinajstić information content (AvgIpc) is 3.32. The van der Waals surface area contributed by atoms with Crippen LogP contribution in [-0.2, 0) is 0 Å². The standard InChI is InChI=1S/C18H20N6O2/c1-10(2)15-16(22-17-11(6-19)7-21-24(17)18(15)26)12-8-20-23(9-12)13-3-4-14(25)5-13/h7-10,13-14,22,25H,3-5H2,1-2H3/t13-,14+/m0/s1. The molecule has 1 aliphatic rings. The van der Waals surface area contributed by atoms with Crippen molar-refractivity contribution in [1.29, 1.82) is 5.26 Å². The van der Waals surface area contributed by atoms with E-state index >= 15 is 0 Å². The van der Waals surface area contributed by atoms with E-state index in [9.17, 15) is 15.2 Å². The minimum absolute atomic E-state index is 0.0236. The number of aliphatic hydroxyl groups excluding tert-OH is 1. The molecule has 3 aromatic heterocycles. The van der Waals surface area contributed by atoms with Crippen LogP contribution in [0.4, 0.5) is 0 Å². The lowest BCUT2D eigenvalue weighted by Crippen LogP contribution is -2.22. The first kappa shape index (κ1) is 16.5. The molecule has 1 fully saturated rings. The highest BCUT2D eigenvalue weighted by molar-refractivity contribution is 5.67. The molecule has 3 heterocycles. The number of H-pyrrole nitrogens is 1. The molecule has 26 heavy (non-hydrogen) atoms. The zero-order chi connectivity index (χ0) is 18.4. The van der Waals surface area contributed by atoms with Crippen molar-refractivity contribution >= 4 is 5.65 Å². The number of nitrogens with zero attached hydrogens (tertiary/aromatic N) is 5. The van der Waals surface area contributed by atoms with E-state index in [4.69, 9.17) is 0 Å². The van der Waals surface area contributed by atoms with Gasteiger partial charge in [0.05, 0.1) is 30.2 Å². The number of nitrogens with one attached hydrogen (secondary N) is 1. The topological polar surface area (TPSA) is 112 Å². The molecule has 1 aliphatic carbocycles. The van der Waals surface area contributed by atoms with Gasteiger partial charge in [0.15, 0.2) is 5.65 Å². The van der Waals surface area contributed by atoms with Crippen LogP contribution in [0.3, 0.4) is 0 Å². The van der Waals surface area contributed by atoms with E-state index < -0.39 is 0 Å². The summed E-state index contributed by atoms with van der Waals surface area (Å²) in [5.41, 5.74) is 2.55. The van der Waals surface area contributed by atoms with Gasteiger partial charge in [0.2, 0.25) is 0 Å². The molecule has 3 aromatic rings. The van der Waals surface area contributed by atoms with E-state index in [-0.39, 0.29) is 23.6 Å². The van der Waals surface area contributed by atoms with Gasteiger partial charge in [-0.3, -0.25) is 9.48 Å². The van der Waals surface area contributed by atoms with Gasteiger partial charge in [0.25, 0.3) is 5.56 Å². The second kappa shape index (κ2) is 6.11. The van der Waals surface area contributed by atoms with Crippen LogP contribution in [0, 0.1) is 11.3 Å². The molecule has 4 rings (SSSR count). The number of nitriles is 1. The molecule has 0 bridgehead atoms. The maximum absolute atomic E-state index is 12.9. The predicted octanol–water partition coefficient (Wildman–Crippen LogP) is 1.97. The molecule has 0 radical (unpaired) electrons. The Hall–Kier alpha value is -2.92. The molecule has 0 aromatic carbocycles. The summed E-state index contributed by atoms with van der Waals surface area (Å²) < 4.78 is 3.11. The summed E-state index contributed by atoms with van der Waals surface area (Å²) in [5, 5.41) is 27.5. The summed E-state index contributed by atoms with van der Waals surface area (Å²) in [5.74, 6) is -0.0236. The van der Waals surface area contributed by atoms with Gasteiger partial charge in [-0.05, 0) is 25.2 Å². The number of rotatable bonds is 3. The minimum Gasteiger partial charge on any atom is -0.393 e. The Morgan fingerprint density at radius 1 is 1.35 bits per heavy atom. The Bertz CT molecular complexity index is 1070. The summed E-state index contributed by atoms with van der Waals surface area (Å²) in [4.78, 5) is 16.1. The van der Waals surface area contributed by atoms with E-state index in [0.29, 0.717) is 28.9 Å². The Balaban J connectivity index is 1.88. The van der Waals surface area contributed by atoms with Gasteiger partial charge < -0.3 is 10.1 Å². The molecule has 0 spiro atoms. The fraction of sp³-hybridized carbons (Fsp3) is 0.444. The molecular formula is C18H20N6O2. The van der Waals surface area contributed by atoms with Gasteiger partial charge in [-0.2, -0.15) is 20.0 Å². The molecule has 1 saturated carbocycles. The predicted molar refractivity (Wildman–Crippen MR) is 94.7 cm³/mol. The smallest absolute Gasteiger partial charge is 0.278 e. The molecule has 8 nitrogen and oxygen atoms in total. The third kappa shape index (κ3) is 2.52. The fourth-order valence-corrected chi connectivity index (χ4v) is 3.72. The fourth-order valence-electron chi connectivity index (χ4n) is 3.72. The maximum atomic E-state index is 12.9. The maximum Gasteiger partial charge on any atom is 0.278 e. The van der Waals surface area contributed by atoms with Crippen molar-refractivity contribution in [2.75, 3.05) is 0 Å². The number of hydrogen-bond donors (Lipinski definition) is 2.